The van der Waals surface area contributed by atoms with Crippen molar-refractivity contribution in [3.63, 3.8) is 0 Å². The molecule has 0 aliphatic heterocycles. The van der Waals surface area contributed by atoms with E-state index in [1.165, 1.54) is 0 Å². The monoisotopic (exact) mass is 263 g/mol. The molecule has 0 aromatic carbocycles. The van der Waals surface area contributed by atoms with Crippen LogP contribution in [0.1, 0.15) is 20.8 Å². The molecule has 0 atom stereocenters. The number of rotatable bonds is 2. The van der Waals surface area contributed by atoms with Crippen LogP contribution >= 0.6 is 0 Å². The number of ether oxygens (including phenoxy) is 1. The molecule has 0 unspecified atom stereocenters. The third-order valence-electron chi connectivity index (χ3n) is 6.72. The van der Waals surface area contributed by atoms with Gasteiger partial charge in [0.25, 0.3) is 0 Å². The van der Waals surface area contributed by atoms with Crippen LogP contribution in [0.4, 0.5) is 4.79 Å². The van der Waals surface area contributed by atoms with Gasteiger partial charge in [0, 0.05) is 0 Å². The number of hydrogen-bond donors (Lipinski definition) is 2. The van der Waals surface area contributed by atoms with Crippen LogP contribution < -0.4 is 5.32 Å². The molecule has 6 aliphatic carbocycles. The molecule has 1 amide bonds. The quantitative estimate of drug-likeness (QED) is 0.782. The largest absolute Gasteiger partial charge is 0.481 e. The van der Waals surface area contributed by atoms with Crippen molar-refractivity contribution in [2.75, 3.05) is 0 Å². The topological polar surface area (TPSA) is 75.6 Å². The Balaban J connectivity index is 1.34. The number of carboxylic acids is 1. The Hall–Kier alpha value is -1.26. The molecule has 0 radical (unpaired) electrons. The summed E-state index contributed by atoms with van der Waals surface area (Å²) in [5, 5.41) is 12.4. The lowest BCUT2D eigenvalue weighted by Crippen LogP contribution is -3.16. The molecular weight excluding hydrogens is 246 g/mol. The summed E-state index contributed by atoms with van der Waals surface area (Å²) in [6, 6.07) is 0. The smallest absolute Gasteiger partial charge is 0.408 e. The fraction of sp³-hybridized carbons (Fsp3) is 0.857. The molecule has 0 spiro atoms. The predicted octanol–water partition coefficient (Wildman–Crippen LogP) is 1.09. The van der Waals surface area contributed by atoms with Gasteiger partial charge in [0.15, 0.2) is 0 Å². The predicted molar refractivity (Wildman–Crippen MR) is 63.1 cm³/mol. The molecule has 6 aliphatic rings. The Morgan fingerprint density at radius 1 is 1.05 bits per heavy atom. The van der Waals surface area contributed by atoms with Crippen molar-refractivity contribution in [2.24, 2.45) is 40.9 Å². The van der Waals surface area contributed by atoms with Gasteiger partial charge in [-0.05, 0) is 56.3 Å². The van der Waals surface area contributed by atoms with Crippen molar-refractivity contribution in [1.82, 2.24) is 5.32 Å². The van der Waals surface area contributed by atoms with E-state index in [1.807, 2.05) is 20.8 Å². The fourth-order valence-corrected chi connectivity index (χ4v) is 6.69. The summed E-state index contributed by atoms with van der Waals surface area (Å²) < 4.78 is 5.32. The van der Waals surface area contributed by atoms with Gasteiger partial charge in [-0.25, -0.2) is 4.79 Å². The van der Waals surface area contributed by atoms with Crippen LogP contribution in [-0.2, 0) is 9.53 Å². The lowest BCUT2D eigenvalue weighted by molar-refractivity contribution is -0.609. The van der Waals surface area contributed by atoms with Gasteiger partial charge < -0.3 is 15.2 Å². The van der Waals surface area contributed by atoms with Crippen molar-refractivity contribution in [1.29, 1.82) is 0 Å². The van der Waals surface area contributed by atoms with Crippen molar-refractivity contribution in [3.8, 4) is 0 Å². The first-order valence-electron chi connectivity index (χ1n) is 7.02. The van der Waals surface area contributed by atoms with Crippen molar-refractivity contribution in [3.05, 3.63) is 0 Å². The zero-order valence-corrected chi connectivity index (χ0v) is 11.1. The van der Waals surface area contributed by atoms with E-state index >= 15 is 0 Å². The second-order valence-electron chi connectivity index (χ2n) is 7.95. The zero-order valence-electron chi connectivity index (χ0n) is 11.1. The molecule has 19 heavy (non-hydrogen) atoms. The Labute approximate surface area is 110 Å². The Bertz CT molecular complexity index is 507. The molecule has 6 saturated carbocycles. The van der Waals surface area contributed by atoms with Gasteiger partial charge in [0.1, 0.15) is 5.60 Å². The second kappa shape index (κ2) is 2.27. The molecule has 0 aromatic heterocycles. The van der Waals surface area contributed by atoms with Gasteiger partial charge in [-0.2, -0.15) is 0 Å². The van der Waals surface area contributed by atoms with E-state index in [9.17, 15) is 14.7 Å². The molecule has 0 bridgehead atoms. The number of carbonyl (C=O) groups excluding carboxylic acids is 1. The van der Waals surface area contributed by atoms with E-state index in [4.69, 9.17) is 4.74 Å². The van der Waals surface area contributed by atoms with Crippen LogP contribution in [-0.4, -0.2) is 28.3 Å². The van der Waals surface area contributed by atoms with Crippen LogP contribution in [0.5, 0.6) is 0 Å². The maximum absolute atomic E-state index is 11.9. The third kappa shape index (κ3) is 0.651. The Morgan fingerprint density at radius 2 is 1.53 bits per heavy atom. The van der Waals surface area contributed by atoms with E-state index in [2.05, 4.69) is 5.32 Å². The summed E-state index contributed by atoms with van der Waals surface area (Å²) in [4.78, 5) is 23.3. The number of amides is 1. The normalized spacial score (nSPS) is 60.4. The van der Waals surface area contributed by atoms with E-state index in [1.54, 1.807) is 0 Å². The van der Waals surface area contributed by atoms with Crippen LogP contribution in [0, 0.1) is 40.9 Å². The van der Waals surface area contributed by atoms with Crippen LogP contribution in [0.25, 0.3) is 0 Å². The number of aliphatic carboxylic acids is 1. The minimum atomic E-state index is -0.596. The number of carbonyl (C=O) groups is 2. The van der Waals surface area contributed by atoms with Gasteiger partial charge >= 0.3 is 12.1 Å². The minimum absolute atomic E-state index is 0.0699. The standard InChI is InChI=1S/C14H17NO4/c1-12(2,3)19-11(18)15-14-7-4-8(14)6-9(14)5(7)13(4,6)10(16)17/h4-9H,1-3H3,(H,15,18)(H,16,17). The van der Waals surface area contributed by atoms with Crippen LogP contribution in [0.2, 0.25) is 0 Å². The van der Waals surface area contributed by atoms with Gasteiger partial charge in [-0.15, -0.1) is 0 Å². The number of nitrogens with one attached hydrogen (secondary N) is 1. The maximum atomic E-state index is 11.9. The zero-order chi connectivity index (χ0) is 13.5. The summed E-state index contributed by atoms with van der Waals surface area (Å²) in [5.74, 6) is 1.73. The number of hydrogen-bond acceptors (Lipinski definition) is 3. The number of carboxylic acid groups (broad SMARTS) is 1. The summed E-state index contributed by atoms with van der Waals surface area (Å²) in [6.07, 6.45) is -0.340. The minimum Gasteiger partial charge on any atom is -0.481 e. The van der Waals surface area contributed by atoms with E-state index in [0.29, 0.717) is 35.5 Å². The SMILES string of the molecule is CC(C)(C)OC(=O)NC12C3C4C1C1C2C3C41C(=O)O. The summed E-state index contributed by atoms with van der Waals surface area (Å²) >= 11 is 0. The van der Waals surface area contributed by atoms with E-state index < -0.39 is 11.6 Å². The highest BCUT2D eigenvalue weighted by Gasteiger charge is 3.12. The molecule has 5 heteroatoms. The fourth-order valence-electron chi connectivity index (χ4n) is 6.69. The lowest BCUT2D eigenvalue weighted by atomic mass is 8.94. The van der Waals surface area contributed by atoms with Crippen LogP contribution in [0.3, 0.4) is 0 Å². The Kier molecular flexibility index (Phi) is 1.26. The second-order valence-corrected chi connectivity index (χ2v) is 7.95. The van der Waals surface area contributed by atoms with E-state index in [0.717, 1.165) is 0 Å². The first-order chi connectivity index (χ1) is 8.78. The molecule has 102 valence electrons. The van der Waals surface area contributed by atoms with Crippen molar-refractivity contribution in [2.45, 2.75) is 31.9 Å². The number of alkyl carbamates (subject to hydrolysis) is 1. The molecule has 2 N–H and O–H groups in total. The highest BCUT2D eigenvalue weighted by Crippen LogP contribution is 3.06. The third-order valence-corrected chi connectivity index (χ3v) is 6.72. The summed E-state index contributed by atoms with van der Waals surface area (Å²) in [6.45, 7) is 5.56. The van der Waals surface area contributed by atoms with Crippen molar-refractivity contribution < 1.29 is 19.4 Å². The van der Waals surface area contributed by atoms with Gasteiger partial charge in [-0.1, -0.05) is 0 Å². The molecular formula is C14H17NO4. The van der Waals surface area contributed by atoms with Crippen LogP contribution in [0.15, 0.2) is 0 Å². The highest BCUT2D eigenvalue weighted by molar-refractivity contribution is 5.89. The Morgan fingerprint density at radius 3 is 1.89 bits per heavy atom. The van der Waals surface area contributed by atoms with E-state index in [-0.39, 0.29) is 17.0 Å². The maximum Gasteiger partial charge on any atom is 0.408 e. The average molecular weight is 263 g/mol. The molecule has 6 rings (SSSR count). The summed E-state index contributed by atoms with van der Waals surface area (Å²) in [7, 11) is 0. The first kappa shape index (κ1) is 10.5. The highest BCUT2D eigenvalue weighted by atomic mass is 16.6. The molecule has 0 heterocycles. The first-order valence-corrected chi connectivity index (χ1v) is 7.02. The van der Waals surface area contributed by atoms with Gasteiger partial charge in [-0.3, -0.25) is 4.79 Å². The molecule has 0 saturated heterocycles. The van der Waals surface area contributed by atoms with Gasteiger partial charge in [0.05, 0.1) is 11.0 Å². The molecule has 0 aromatic rings. The molecule has 5 nitrogen and oxygen atoms in total. The lowest BCUT2D eigenvalue weighted by Gasteiger charge is -3.09. The molecule has 6 fully saturated rings. The van der Waals surface area contributed by atoms with Gasteiger partial charge in [0.2, 0.25) is 0 Å². The van der Waals surface area contributed by atoms with Crippen molar-refractivity contribution >= 4 is 12.1 Å². The average Bonchev–Trinajstić information content (AvgIpc) is 2.26. The summed E-state index contributed by atoms with van der Waals surface area (Å²) in [5.41, 5.74) is -0.915.